The highest BCUT2D eigenvalue weighted by molar-refractivity contribution is 5.91. The number of hydrogen-bond acceptors (Lipinski definition) is 5. The maximum Gasteiger partial charge on any atom is 0.168 e. The molecule has 0 saturated carbocycles. The fourth-order valence-electron chi connectivity index (χ4n) is 3.15. The minimum Gasteiger partial charge on any atom is -0.504 e. The maximum atomic E-state index is 10.5. The van der Waals surface area contributed by atoms with Gasteiger partial charge in [-0.1, -0.05) is 32.0 Å². The van der Waals surface area contributed by atoms with E-state index in [-0.39, 0.29) is 5.75 Å². The van der Waals surface area contributed by atoms with Gasteiger partial charge in [-0.3, -0.25) is 0 Å². The molecular weight excluding hydrogens is 326 g/mol. The predicted octanol–water partition coefficient (Wildman–Crippen LogP) is 4.64. The molecular formula is C21H25N3O2. The molecule has 5 heteroatoms. The molecule has 5 nitrogen and oxygen atoms in total. The Balaban J connectivity index is 2.22. The second-order valence-corrected chi connectivity index (χ2v) is 6.23. The van der Waals surface area contributed by atoms with Gasteiger partial charge in [0.25, 0.3) is 0 Å². The Hall–Kier alpha value is -2.82. The molecule has 0 aliphatic carbocycles. The van der Waals surface area contributed by atoms with Crippen molar-refractivity contribution in [2.24, 2.45) is 0 Å². The molecule has 3 aromatic rings. The molecule has 1 N–H and O–H groups in total. The first-order valence-corrected chi connectivity index (χ1v) is 9.07. The van der Waals surface area contributed by atoms with Gasteiger partial charge in [-0.2, -0.15) is 0 Å². The van der Waals surface area contributed by atoms with Gasteiger partial charge in [0.1, 0.15) is 5.82 Å². The van der Waals surface area contributed by atoms with Crippen molar-refractivity contribution in [3.63, 3.8) is 0 Å². The van der Waals surface area contributed by atoms with E-state index in [1.54, 1.807) is 6.07 Å². The van der Waals surface area contributed by atoms with Crippen LogP contribution in [0.4, 0.5) is 5.82 Å². The van der Waals surface area contributed by atoms with Gasteiger partial charge >= 0.3 is 0 Å². The molecule has 0 bridgehead atoms. The first kappa shape index (κ1) is 18.0. The summed E-state index contributed by atoms with van der Waals surface area (Å²) in [6.07, 6.45) is 2.08. The lowest BCUT2D eigenvalue weighted by Crippen LogP contribution is -2.26. The first-order chi connectivity index (χ1) is 12.7. The number of aromatic hydroxyl groups is 1. The van der Waals surface area contributed by atoms with E-state index in [0.717, 1.165) is 42.7 Å². The zero-order chi connectivity index (χ0) is 18.5. The molecule has 2 aromatic carbocycles. The Morgan fingerprint density at radius 2 is 1.69 bits per heavy atom. The molecule has 26 heavy (non-hydrogen) atoms. The molecule has 1 aromatic heterocycles. The van der Waals surface area contributed by atoms with Crippen molar-refractivity contribution >= 4 is 16.7 Å². The van der Waals surface area contributed by atoms with Crippen LogP contribution in [0, 0.1) is 0 Å². The number of nitrogens with zero attached hydrogens (tertiary/aromatic N) is 3. The van der Waals surface area contributed by atoms with Gasteiger partial charge in [0.2, 0.25) is 0 Å². The summed E-state index contributed by atoms with van der Waals surface area (Å²) in [4.78, 5) is 11.8. The SMILES string of the molecule is CCCN(CCC)c1nc(-c2cccc(OC)c2O)nc2ccccc12. The highest BCUT2D eigenvalue weighted by atomic mass is 16.5. The van der Waals surface area contributed by atoms with Gasteiger partial charge in [-0.15, -0.1) is 0 Å². The third kappa shape index (κ3) is 3.43. The molecule has 0 fully saturated rings. The summed E-state index contributed by atoms with van der Waals surface area (Å²) in [6, 6.07) is 13.4. The number of phenols is 1. The van der Waals surface area contributed by atoms with Crippen molar-refractivity contribution in [2.45, 2.75) is 26.7 Å². The minimum atomic E-state index is 0.0637. The molecule has 1 heterocycles. The van der Waals surface area contributed by atoms with Crippen molar-refractivity contribution in [1.29, 1.82) is 0 Å². The van der Waals surface area contributed by atoms with Crippen LogP contribution in [-0.4, -0.2) is 35.3 Å². The van der Waals surface area contributed by atoms with Gasteiger partial charge in [0.15, 0.2) is 17.3 Å². The van der Waals surface area contributed by atoms with Gasteiger partial charge < -0.3 is 14.7 Å². The average molecular weight is 351 g/mol. The Morgan fingerprint density at radius 3 is 2.38 bits per heavy atom. The molecule has 0 unspecified atom stereocenters. The van der Waals surface area contributed by atoms with Crippen LogP contribution in [0.5, 0.6) is 11.5 Å². The van der Waals surface area contributed by atoms with Gasteiger partial charge in [0.05, 0.1) is 18.2 Å². The molecule has 0 aliphatic rings. The van der Waals surface area contributed by atoms with E-state index in [9.17, 15) is 5.11 Å². The first-order valence-electron chi connectivity index (χ1n) is 9.07. The summed E-state index contributed by atoms with van der Waals surface area (Å²) in [5.41, 5.74) is 1.44. The smallest absolute Gasteiger partial charge is 0.168 e. The fraction of sp³-hybridized carbons (Fsp3) is 0.333. The van der Waals surface area contributed by atoms with Crippen LogP contribution in [0.1, 0.15) is 26.7 Å². The predicted molar refractivity (Wildman–Crippen MR) is 106 cm³/mol. The second kappa shape index (κ2) is 8.04. The average Bonchev–Trinajstić information content (AvgIpc) is 2.67. The van der Waals surface area contributed by atoms with Crippen LogP contribution in [0.2, 0.25) is 0 Å². The summed E-state index contributed by atoms with van der Waals surface area (Å²) >= 11 is 0. The molecule has 0 aliphatic heterocycles. The largest absolute Gasteiger partial charge is 0.504 e. The van der Waals surface area contributed by atoms with Gasteiger partial charge in [0, 0.05) is 18.5 Å². The summed E-state index contributed by atoms with van der Waals surface area (Å²) < 4.78 is 5.23. The normalized spacial score (nSPS) is 10.9. The fourth-order valence-corrected chi connectivity index (χ4v) is 3.15. The second-order valence-electron chi connectivity index (χ2n) is 6.23. The Morgan fingerprint density at radius 1 is 0.962 bits per heavy atom. The van der Waals surface area contributed by atoms with Crippen LogP contribution in [0.25, 0.3) is 22.3 Å². The van der Waals surface area contributed by atoms with Crippen LogP contribution < -0.4 is 9.64 Å². The number of fused-ring (bicyclic) bond motifs is 1. The standard InChI is InChI=1S/C21H25N3O2/c1-4-13-24(14-5-2)21-15-9-6-7-11-17(15)22-20(23-21)16-10-8-12-18(26-3)19(16)25/h6-12,25H,4-5,13-14H2,1-3H3. The number of para-hydroxylation sites is 2. The highest BCUT2D eigenvalue weighted by Crippen LogP contribution is 2.37. The number of methoxy groups -OCH3 is 1. The topological polar surface area (TPSA) is 58.5 Å². The third-order valence-corrected chi connectivity index (χ3v) is 4.33. The Bertz CT molecular complexity index is 890. The Kier molecular flexibility index (Phi) is 5.56. The van der Waals surface area contributed by atoms with Crippen molar-refractivity contribution in [1.82, 2.24) is 9.97 Å². The van der Waals surface area contributed by atoms with Crippen molar-refractivity contribution < 1.29 is 9.84 Å². The Labute approximate surface area is 154 Å². The van der Waals surface area contributed by atoms with Crippen LogP contribution >= 0.6 is 0 Å². The van der Waals surface area contributed by atoms with E-state index in [1.807, 2.05) is 30.3 Å². The number of rotatable bonds is 7. The molecule has 3 rings (SSSR count). The number of benzene rings is 2. The molecule has 0 atom stereocenters. The van der Waals surface area contributed by atoms with E-state index in [2.05, 4.69) is 24.8 Å². The van der Waals surface area contributed by atoms with Crippen LogP contribution in [-0.2, 0) is 0 Å². The molecule has 136 valence electrons. The van der Waals surface area contributed by atoms with Gasteiger partial charge in [-0.25, -0.2) is 9.97 Å². The van der Waals surface area contributed by atoms with Gasteiger partial charge in [-0.05, 0) is 37.1 Å². The van der Waals surface area contributed by atoms with Crippen molar-refractivity contribution in [2.75, 3.05) is 25.1 Å². The minimum absolute atomic E-state index is 0.0637. The zero-order valence-electron chi connectivity index (χ0n) is 15.6. The molecule has 0 radical (unpaired) electrons. The summed E-state index contributed by atoms with van der Waals surface area (Å²) in [6.45, 7) is 6.19. The van der Waals surface area contributed by atoms with E-state index < -0.39 is 0 Å². The number of aromatic nitrogens is 2. The third-order valence-electron chi connectivity index (χ3n) is 4.33. The zero-order valence-corrected chi connectivity index (χ0v) is 15.6. The lowest BCUT2D eigenvalue weighted by Gasteiger charge is -2.24. The monoisotopic (exact) mass is 351 g/mol. The summed E-state index contributed by atoms with van der Waals surface area (Å²) in [5, 5.41) is 11.6. The van der Waals surface area contributed by atoms with Crippen LogP contribution in [0.15, 0.2) is 42.5 Å². The van der Waals surface area contributed by atoms with Crippen molar-refractivity contribution in [3.8, 4) is 22.9 Å². The summed E-state index contributed by atoms with van der Waals surface area (Å²) in [7, 11) is 1.54. The van der Waals surface area contributed by atoms with Crippen LogP contribution in [0.3, 0.4) is 0 Å². The number of hydrogen-bond donors (Lipinski definition) is 1. The molecule has 0 spiro atoms. The lowest BCUT2D eigenvalue weighted by atomic mass is 10.1. The van der Waals surface area contributed by atoms with E-state index in [4.69, 9.17) is 14.7 Å². The van der Waals surface area contributed by atoms with Crippen molar-refractivity contribution in [3.05, 3.63) is 42.5 Å². The maximum absolute atomic E-state index is 10.5. The van der Waals surface area contributed by atoms with E-state index in [1.165, 1.54) is 7.11 Å². The highest BCUT2D eigenvalue weighted by Gasteiger charge is 2.17. The quantitative estimate of drug-likeness (QED) is 0.672. The number of anilines is 1. The number of phenolic OH excluding ortho intramolecular Hbond substituents is 1. The number of ether oxygens (including phenoxy) is 1. The van der Waals surface area contributed by atoms with E-state index in [0.29, 0.717) is 17.1 Å². The molecule has 0 saturated heterocycles. The molecule has 0 amide bonds. The van der Waals surface area contributed by atoms with E-state index >= 15 is 0 Å². The summed E-state index contributed by atoms with van der Waals surface area (Å²) in [5.74, 6) is 1.90. The lowest BCUT2D eigenvalue weighted by molar-refractivity contribution is 0.374.